The Morgan fingerprint density at radius 3 is 2.24 bits per heavy atom. The van der Waals surface area contributed by atoms with Crippen LogP contribution in [0.2, 0.25) is 0 Å². The molecule has 2 aromatic carbocycles. The highest BCUT2D eigenvalue weighted by molar-refractivity contribution is 7.99. The fourth-order valence-corrected chi connectivity index (χ4v) is 3.94. The molecule has 0 unspecified atom stereocenters. The van der Waals surface area contributed by atoms with Crippen molar-refractivity contribution < 1.29 is 9.59 Å². The second-order valence-corrected chi connectivity index (χ2v) is 7.40. The molecule has 3 rings (SSSR count). The van der Waals surface area contributed by atoms with Crippen molar-refractivity contribution in [2.45, 2.75) is 11.1 Å². The van der Waals surface area contributed by atoms with Gasteiger partial charge in [-0.1, -0.05) is 66.7 Å². The second-order valence-electron chi connectivity index (χ2n) is 5.36. The summed E-state index contributed by atoms with van der Waals surface area (Å²) in [6.07, 6.45) is 0. The van der Waals surface area contributed by atoms with Gasteiger partial charge in [-0.15, -0.1) is 23.1 Å². The molecule has 0 aliphatic carbocycles. The van der Waals surface area contributed by atoms with Crippen LogP contribution in [-0.2, 0) is 5.75 Å². The van der Waals surface area contributed by atoms with Crippen LogP contribution in [0.15, 0.2) is 78.2 Å². The molecular formula is C20H17NO2S2. The van der Waals surface area contributed by atoms with Crippen molar-refractivity contribution >= 4 is 34.8 Å². The number of benzene rings is 2. The highest BCUT2D eigenvalue weighted by Gasteiger charge is 2.23. The Balaban J connectivity index is 1.75. The summed E-state index contributed by atoms with van der Waals surface area (Å²) in [6.45, 7) is 0. The summed E-state index contributed by atoms with van der Waals surface area (Å²) >= 11 is 2.79. The van der Waals surface area contributed by atoms with Crippen molar-refractivity contribution in [3.05, 3.63) is 94.2 Å². The zero-order chi connectivity index (χ0) is 17.5. The van der Waals surface area contributed by atoms with E-state index in [2.05, 4.69) is 5.32 Å². The number of ketones is 1. The molecule has 1 N–H and O–H groups in total. The normalized spacial score (nSPS) is 11.7. The number of nitrogens with one attached hydrogen (secondary N) is 1. The first-order chi connectivity index (χ1) is 12.2. The van der Waals surface area contributed by atoms with Gasteiger partial charge in [0.05, 0.1) is 4.88 Å². The summed E-state index contributed by atoms with van der Waals surface area (Å²) in [5, 5.41) is 4.09. The third-order valence-electron chi connectivity index (χ3n) is 3.56. The summed E-state index contributed by atoms with van der Waals surface area (Å²) in [5.41, 5.74) is 1.71. The molecule has 5 heteroatoms. The summed E-state index contributed by atoms with van der Waals surface area (Å²) in [6, 6.07) is 22.6. The van der Waals surface area contributed by atoms with Crippen LogP contribution in [0.25, 0.3) is 0 Å². The molecule has 0 aliphatic heterocycles. The van der Waals surface area contributed by atoms with Gasteiger partial charge in [-0.25, -0.2) is 0 Å². The number of carbonyl (C=O) groups is 2. The average Bonchev–Trinajstić information content (AvgIpc) is 3.21. The van der Waals surface area contributed by atoms with Crippen molar-refractivity contribution in [1.82, 2.24) is 5.32 Å². The van der Waals surface area contributed by atoms with Gasteiger partial charge in [-0.3, -0.25) is 9.59 Å². The van der Waals surface area contributed by atoms with Crippen LogP contribution in [0.4, 0.5) is 0 Å². The lowest BCUT2D eigenvalue weighted by molar-refractivity contribution is 0.0894. The highest BCUT2D eigenvalue weighted by atomic mass is 32.2. The van der Waals surface area contributed by atoms with Crippen LogP contribution in [0.1, 0.15) is 25.6 Å². The van der Waals surface area contributed by atoms with Gasteiger partial charge in [0.1, 0.15) is 5.37 Å². The van der Waals surface area contributed by atoms with E-state index in [0.29, 0.717) is 16.2 Å². The van der Waals surface area contributed by atoms with E-state index in [9.17, 15) is 9.59 Å². The van der Waals surface area contributed by atoms with Gasteiger partial charge in [0.25, 0.3) is 5.91 Å². The first kappa shape index (κ1) is 17.5. The SMILES string of the molecule is O=C(N[C@H](SCc1ccccc1)C(=O)c1ccccc1)c1cccs1. The van der Waals surface area contributed by atoms with Crippen LogP contribution >= 0.6 is 23.1 Å². The molecule has 0 bridgehead atoms. The number of hydrogen-bond donors (Lipinski definition) is 1. The Morgan fingerprint density at radius 1 is 0.920 bits per heavy atom. The summed E-state index contributed by atoms with van der Waals surface area (Å²) in [4.78, 5) is 25.8. The van der Waals surface area contributed by atoms with E-state index in [1.165, 1.54) is 23.1 Å². The van der Waals surface area contributed by atoms with Crippen molar-refractivity contribution in [3.63, 3.8) is 0 Å². The van der Waals surface area contributed by atoms with Crippen molar-refractivity contribution in [3.8, 4) is 0 Å². The molecule has 0 radical (unpaired) electrons. The lowest BCUT2D eigenvalue weighted by atomic mass is 10.1. The van der Waals surface area contributed by atoms with E-state index in [1.54, 1.807) is 18.2 Å². The minimum atomic E-state index is -0.628. The molecule has 0 aliphatic rings. The Kier molecular flexibility index (Phi) is 6.04. The van der Waals surface area contributed by atoms with Crippen LogP contribution in [-0.4, -0.2) is 17.1 Å². The van der Waals surface area contributed by atoms with Crippen LogP contribution < -0.4 is 5.32 Å². The third-order valence-corrected chi connectivity index (χ3v) is 5.60. The lowest BCUT2D eigenvalue weighted by Crippen LogP contribution is -2.38. The smallest absolute Gasteiger partial charge is 0.262 e. The van der Waals surface area contributed by atoms with Crippen LogP contribution in [0, 0.1) is 0 Å². The van der Waals surface area contributed by atoms with Crippen LogP contribution in [0.5, 0.6) is 0 Å². The average molecular weight is 367 g/mol. The van der Waals surface area contributed by atoms with Gasteiger partial charge in [-0.2, -0.15) is 0 Å². The van der Waals surface area contributed by atoms with E-state index < -0.39 is 5.37 Å². The van der Waals surface area contributed by atoms with Gasteiger partial charge < -0.3 is 5.32 Å². The number of thioether (sulfide) groups is 1. The van der Waals surface area contributed by atoms with Crippen molar-refractivity contribution in [2.24, 2.45) is 0 Å². The predicted molar refractivity (Wildman–Crippen MR) is 104 cm³/mol. The largest absolute Gasteiger partial charge is 0.332 e. The predicted octanol–water partition coefficient (Wildman–Crippen LogP) is 4.62. The van der Waals surface area contributed by atoms with E-state index in [-0.39, 0.29) is 11.7 Å². The Bertz CT molecular complexity index is 817. The van der Waals surface area contributed by atoms with Gasteiger partial charge in [0.2, 0.25) is 0 Å². The maximum absolute atomic E-state index is 12.8. The summed E-state index contributed by atoms with van der Waals surface area (Å²) in [7, 11) is 0. The second kappa shape index (κ2) is 8.65. The molecule has 0 spiro atoms. The number of hydrogen-bond acceptors (Lipinski definition) is 4. The van der Waals surface area contributed by atoms with Gasteiger partial charge in [-0.05, 0) is 17.0 Å². The standard InChI is InChI=1S/C20H17NO2S2/c22-18(16-10-5-2-6-11-16)20(21-19(23)17-12-7-13-24-17)25-14-15-8-3-1-4-9-15/h1-13,20H,14H2,(H,21,23)/t20-/m1/s1. The van der Waals surface area contributed by atoms with E-state index in [0.717, 1.165) is 5.56 Å². The topological polar surface area (TPSA) is 46.2 Å². The van der Waals surface area contributed by atoms with Crippen molar-refractivity contribution in [2.75, 3.05) is 0 Å². The molecule has 0 saturated heterocycles. The molecule has 0 fully saturated rings. The van der Waals surface area contributed by atoms with E-state index in [1.807, 2.05) is 60.0 Å². The third kappa shape index (κ3) is 4.81. The Hall–Kier alpha value is -2.37. The zero-order valence-electron chi connectivity index (χ0n) is 13.4. The fourth-order valence-electron chi connectivity index (χ4n) is 2.29. The Labute approximate surface area is 155 Å². The molecule has 0 saturated carbocycles. The molecule has 1 aromatic heterocycles. The van der Waals surface area contributed by atoms with E-state index in [4.69, 9.17) is 0 Å². The Morgan fingerprint density at radius 2 is 1.60 bits per heavy atom. The quantitative estimate of drug-likeness (QED) is 0.489. The van der Waals surface area contributed by atoms with Gasteiger partial charge in [0, 0.05) is 11.3 Å². The highest BCUT2D eigenvalue weighted by Crippen LogP contribution is 2.21. The maximum Gasteiger partial charge on any atom is 0.262 e. The molecule has 1 amide bonds. The first-order valence-electron chi connectivity index (χ1n) is 7.83. The number of carbonyl (C=O) groups excluding carboxylic acids is 2. The minimum absolute atomic E-state index is 0.0913. The summed E-state index contributed by atoms with van der Waals surface area (Å²) in [5.74, 6) is 0.339. The number of thiophene rings is 1. The molecule has 1 atom stereocenters. The minimum Gasteiger partial charge on any atom is -0.332 e. The maximum atomic E-state index is 12.8. The molecule has 25 heavy (non-hydrogen) atoms. The zero-order valence-corrected chi connectivity index (χ0v) is 15.1. The first-order valence-corrected chi connectivity index (χ1v) is 9.76. The molecular weight excluding hydrogens is 350 g/mol. The number of amides is 1. The van der Waals surface area contributed by atoms with Crippen LogP contribution in [0.3, 0.4) is 0 Å². The van der Waals surface area contributed by atoms with Gasteiger partial charge >= 0.3 is 0 Å². The molecule has 1 heterocycles. The van der Waals surface area contributed by atoms with E-state index >= 15 is 0 Å². The van der Waals surface area contributed by atoms with Crippen molar-refractivity contribution in [1.29, 1.82) is 0 Å². The molecule has 126 valence electrons. The molecule has 3 aromatic rings. The monoisotopic (exact) mass is 367 g/mol. The molecule has 3 nitrogen and oxygen atoms in total. The van der Waals surface area contributed by atoms with Gasteiger partial charge in [0.15, 0.2) is 5.78 Å². The summed E-state index contributed by atoms with van der Waals surface area (Å²) < 4.78 is 0. The number of Topliss-reactive ketones (excluding diaryl/α,β-unsaturated/α-hetero) is 1. The number of rotatable bonds is 7. The lowest BCUT2D eigenvalue weighted by Gasteiger charge is -2.17. The fraction of sp³-hybridized carbons (Fsp3) is 0.100.